The van der Waals surface area contributed by atoms with E-state index in [1.54, 1.807) is 0 Å². The van der Waals surface area contributed by atoms with E-state index in [1.165, 1.54) is 0 Å². The molecule has 0 aliphatic carbocycles. The molecular weight excluding hydrogens is 322 g/mol. The molecule has 0 spiro atoms. The van der Waals surface area contributed by atoms with Gasteiger partial charge in [-0.05, 0) is 26.4 Å². The Morgan fingerprint density at radius 3 is 1.77 bits per heavy atom. The summed E-state index contributed by atoms with van der Waals surface area (Å²) in [6, 6.07) is 20.3. The van der Waals surface area contributed by atoms with Crippen molar-refractivity contribution in [3.8, 4) is 0 Å². The Hall–Kier alpha value is -2.13. The molecule has 0 saturated heterocycles. The fourth-order valence-corrected chi connectivity index (χ4v) is 3.63. The van der Waals surface area contributed by atoms with Crippen LogP contribution in [0.4, 0.5) is 0 Å². The highest BCUT2D eigenvalue weighted by Gasteiger charge is 2.37. The van der Waals surface area contributed by atoms with Crippen molar-refractivity contribution < 1.29 is 9.53 Å². The summed E-state index contributed by atoms with van der Waals surface area (Å²) in [6.45, 7) is 10.3. The maximum Gasteiger partial charge on any atom is 0.308 e. The molecule has 0 fully saturated rings. The first-order valence-electron chi connectivity index (χ1n) is 9.64. The van der Waals surface area contributed by atoms with E-state index in [-0.39, 0.29) is 12.0 Å². The lowest BCUT2D eigenvalue weighted by atomic mass is 9.83. The summed E-state index contributed by atoms with van der Waals surface area (Å²) in [7, 11) is 0. The van der Waals surface area contributed by atoms with Crippen molar-refractivity contribution in [3.05, 3.63) is 71.8 Å². The Morgan fingerprint density at radius 2 is 1.38 bits per heavy atom. The van der Waals surface area contributed by atoms with Gasteiger partial charge in [-0.3, -0.25) is 4.79 Å². The van der Waals surface area contributed by atoms with Crippen LogP contribution in [0.1, 0.15) is 51.7 Å². The third-order valence-corrected chi connectivity index (χ3v) is 5.16. The SMILES string of the molecule is CCN(CC)C(C)CC(=O)OC(CC)(c1ccccc1)c1ccccc1. The molecule has 0 aliphatic heterocycles. The molecule has 3 heteroatoms. The predicted molar refractivity (Wildman–Crippen MR) is 107 cm³/mol. The monoisotopic (exact) mass is 353 g/mol. The van der Waals surface area contributed by atoms with Gasteiger partial charge in [0, 0.05) is 17.2 Å². The summed E-state index contributed by atoms with van der Waals surface area (Å²) in [6.07, 6.45) is 1.08. The maximum atomic E-state index is 12.9. The number of hydrogen-bond acceptors (Lipinski definition) is 3. The van der Waals surface area contributed by atoms with Crippen LogP contribution in [-0.4, -0.2) is 30.0 Å². The van der Waals surface area contributed by atoms with Crippen molar-refractivity contribution in [1.29, 1.82) is 0 Å². The molecule has 2 aromatic rings. The number of carbonyl (C=O) groups excluding carboxylic acids is 1. The average molecular weight is 354 g/mol. The normalized spacial score (nSPS) is 12.8. The second-order valence-corrected chi connectivity index (χ2v) is 6.66. The summed E-state index contributed by atoms with van der Waals surface area (Å²) >= 11 is 0. The van der Waals surface area contributed by atoms with Crippen LogP contribution in [0.15, 0.2) is 60.7 Å². The van der Waals surface area contributed by atoms with Crippen molar-refractivity contribution >= 4 is 5.97 Å². The van der Waals surface area contributed by atoms with Gasteiger partial charge in [-0.15, -0.1) is 0 Å². The van der Waals surface area contributed by atoms with Crippen LogP contribution in [0.3, 0.4) is 0 Å². The van der Waals surface area contributed by atoms with Crippen molar-refractivity contribution in [3.63, 3.8) is 0 Å². The lowest BCUT2D eigenvalue weighted by Gasteiger charge is -2.35. The minimum Gasteiger partial charge on any atom is -0.449 e. The van der Waals surface area contributed by atoms with Gasteiger partial charge in [-0.1, -0.05) is 81.4 Å². The van der Waals surface area contributed by atoms with E-state index in [4.69, 9.17) is 4.74 Å². The zero-order chi connectivity index (χ0) is 19.0. The average Bonchev–Trinajstić information content (AvgIpc) is 2.68. The van der Waals surface area contributed by atoms with Gasteiger partial charge in [0.25, 0.3) is 0 Å². The van der Waals surface area contributed by atoms with E-state index in [9.17, 15) is 4.79 Å². The van der Waals surface area contributed by atoms with Gasteiger partial charge in [0.2, 0.25) is 0 Å². The van der Waals surface area contributed by atoms with Crippen LogP contribution >= 0.6 is 0 Å². The van der Waals surface area contributed by atoms with Gasteiger partial charge in [-0.2, -0.15) is 0 Å². The molecule has 0 amide bonds. The molecule has 3 nitrogen and oxygen atoms in total. The van der Waals surface area contributed by atoms with Crippen LogP contribution in [0.5, 0.6) is 0 Å². The second kappa shape index (κ2) is 9.54. The predicted octanol–water partition coefficient (Wildman–Crippen LogP) is 5.00. The Kier molecular flexibility index (Phi) is 7.40. The highest BCUT2D eigenvalue weighted by atomic mass is 16.6. The van der Waals surface area contributed by atoms with Crippen LogP contribution in [0.25, 0.3) is 0 Å². The largest absolute Gasteiger partial charge is 0.449 e. The van der Waals surface area contributed by atoms with E-state index in [1.807, 2.05) is 60.7 Å². The molecule has 2 rings (SSSR count). The zero-order valence-corrected chi connectivity index (χ0v) is 16.4. The van der Waals surface area contributed by atoms with Gasteiger partial charge in [0.15, 0.2) is 5.60 Å². The highest BCUT2D eigenvalue weighted by Crippen LogP contribution is 2.37. The number of ether oxygens (including phenoxy) is 1. The van der Waals surface area contributed by atoms with Gasteiger partial charge in [0.05, 0.1) is 6.42 Å². The van der Waals surface area contributed by atoms with Gasteiger partial charge in [-0.25, -0.2) is 0 Å². The summed E-state index contributed by atoms with van der Waals surface area (Å²) in [5.74, 6) is -0.154. The maximum absolute atomic E-state index is 12.9. The Balaban J connectivity index is 2.32. The van der Waals surface area contributed by atoms with Crippen molar-refractivity contribution in [1.82, 2.24) is 4.90 Å². The molecule has 0 aromatic heterocycles. The molecule has 0 radical (unpaired) electrons. The van der Waals surface area contributed by atoms with E-state index in [0.29, 0.717) is 12.8 Å². The van der Waals surface area contributed by atoms with Crippen LogP contribution in [0, 0.1) is 0 Å². The molecule has 1 unspecified atom stereocenters. The molecular formula is C23H31NO2. The number of rotatable bonds is 9. The minimum atomic E-state index is -0.747. The van der Waals surface area contributed by atoms with Crippen LogP contribution < -0.4 is 0 Å². The summed E-state index contributed by atoms with van der Waals surface area (Å²) in [5, 5.41) is 0. The Bertz CT molecular complexity index is 626. The number of benzene rings is 2. The zero-order valence-electron chi connectivity index (χ0n) is 16.4. The lowest BCUT2D eigenvalue weighted by Crippen LogP contribution is -2.38. The summed E-state index contributed by atoms with van der Waals surface area (Å²) in [5.41, 5.74) is 1.28. The van der Waals surface area contributed by atoms with Crippen LogP contribution in [0.2, 0.25) is 0 Å². The number of hydrogen-bond donors (Lipinski definition) is 0. The summed E-state index contributed by atoms with van der Waals surface area (Å²) < 4.78 is 6.20. The minimum absolute atomic E-state index is 0.154. The third-order valence-electron chi connectivity index (χ3n) is 5.16. The van der Waals surface area contributed by atoms with Gasteiger partial charge < -0.3 is 9.64 Å². The van der Waals surface area contributed by atoms with E-state index in [2.05, 4.69) is 32.6 Å². The third kappa shape index (κ3) is 4.53. The molecule has 1 atom stereocenters. The standard InChI is InChI=1S/C23H31NO2/c1-5-23(20-14-10-8-11-15-20,21-16-12-9-13-17-21)26-22(25)18-19(4)24(6-2)7-3/h8-17,19H,5-7,18H2,1-4H3. The van der Waals surface area contributed by atoms with Crippen molar-refractivity contribution in [2.24, 2.45) is 0 Å². The number of esters is 1. The van der Waals surface area contributed by atoms with E-state index >= 15 is 0 Å². The first-order chi connectivity index (χ1) is 12.6. The molecule has 0 saturated carbocycles. The van der Waals surface area contributed by atoms with Gasteiger partial charge >= 0.3 is 5.97 Å². The molecule has 26 heavy (non-hydrogen) atoms. The molecule has 0 heterocycles. The Labute approximate surface area is 158 Å². The molecule has 0 bridgehead atoms. The molecule has 140 valence electrons. The highest BCUT2D eigenvalue weighted by molar-refractivity contribution is 5.71. The smallest absolute Gasteiger partial charge is 0.308 e. The van der Waals surface area contributed by atoms with E-state index in [0.717, 1.165) is 24.2 Å². The number of nitrogens with zero attached hydrogens (tertiary/aromatic N) is 1. The topological polar surface area (TPSA) is 29.5 Å². The second-order valence-electron chi connectivity index (χ2n) is 6.66. The summed E-state index contributed by atoms with van der Waals surface area (Å²) in [4.78, 5) is 15.1. The van der Waals surface area contributed by atoms with Crippen molar-refractivity contribution in [2.45, 2.75) is 52.2 Å². The molecule has 0 N–H and O–H groups in total. The number of carbonyl (C=O) groups is 1. The molecule has 0 aliphatic rings. The van der Waals surface area contributed by atoms with Crippen molar-refractivity contribution in [2.75, 3.05) is 13.1 Å². The first-order valence-corrected chi connectivity index (χ1v) is 9.64. The van der Waals surface area contributed by atoms with E-state index < -0.39 is 5.60 Å². The lowest BCUT2D eigenvalue weighted by molar-refractivity contribution is -0.158. The fraction of sp³-hybridized carbons (Fsp3) is 0.435. The molecule has 2 aromatic carbocycles. The first kappa shape index (κ1) is 20.2. The Morgan fingerprint density at radius 1 is 0.923 bits per heavy atom. The fourth-order valence-electron chi connectivity index (χ4n) is 3.63. The van der Waals surface area contributed by atoms with Crippen LogP contribution in [-0.2, 0) is 15.1 Å². The quantitative estimate of drug-likeness (QED) is 0.594. The van der Waals surface area contributed by atoms with Gasteiger partial charge in [0.1, 0.15) is 0 Å².